The van der Waals surface area contributed by atoms with E-state index in [1.54, 1.807) is 15.9 Å². The second-order valence-electron chi connectivity index (χ2n) is 8.82. The molecule has 1 heterocycles. The van der Waals surface area contributed by atoms with E-state index >= 15 is 0 Å². The van der Waals surface area contributed by atoms with Crippen molar-refractivity contribution >= 4 is 11.8 Å². The number of amides is 2. The lowest BCUT2D eigenvalue weighted by molar-refractivity contribution is -0.132. The Morgan fingerprint density at radius 2 is 1.70 bits per heavy atom. The van der Waals surface area contributed by atoms with E-state index in [4.69, 9.17) is 5.11 Å². The fourth-order valence-electron chi connectivity index (χ4n) is 4.33. The molecule has 6 nitrogen and oxygen atoms in total. The first-order valence-electron chi connectivity index (χ1n) is 11.5. The first kappa shape index (κ1) is 22.9. The molecule has 2 aromatic carbocycles. The maximum Gasteiger partial charge on any atom is 0.256 e. The molecule has 1 saturated heterocycles. The van der Waals surface area contributed by atoms with Crippen LogP contribution in [-0.2, 0) is 10.2 Å². The Hall–Kier alpha value is -3.24. The van der Waals surface area contributed by atoms with Crippen molar-refractivity contribution < 1.29 is 19.1 Å². The zero-order valence-electron chi connectivity index (χ0n) is 18.6. The molecule has 1 N–H and O–H groups in total. The monoisotopic (exact) mass is 449 g/mol. The normalized spacial score (nSPS) is 16.9. The Kier molecular flexibility index (Phi) is 6.75. The smallest absolute Gasteiger partial charge is 0.256 e. The number of hydrogen-bond donors (Lipinski definition) is 1. The predicted octanol–water partition coefficient (Wildman–Crippen LogP) is 3.49. The van der Waals surface area contributed by atoms with E-state index in [1.807, 2.05) is 24.3 Å². The average Bonchev–Trinajstić information content (AvgIpc) is 3.65. The van der Waals surface area contributed by atoms with Crippen molar-refractivity contribution in [3.05, 3.63) is 59.4 Å². The van der Waals surface area contributed by atoms with Gasteiger partial charge in [0.05, 0.1) is 17.0 Å². The molecule has 0 unspecified atom stereocenters. The summed E-state index contributed by atoms with van der Waals surface area (Å²) in [4.78, 5) is 28.4. The van der Waals surface area contributed by atoms with Crippen LogP contribution >= 0.6 is 0 Å². The molecule has 0 radical (unpaired) electrons. The number of nitrogens with zero attached hydrogens (tertiary/aromatic N) is 3. The molecule has 172 valence electrons. The van der Waals surface area contributed by atoms with Crippen LogP contribution in [0.2, 0.25) is 0 Å². The number of piperazine rings is 1. The number of aliphatic hydroxyl groups excluding tert-OH is 1. The molecule has 0 aromatic heterocycles. The third kappa shape index (κ3) is 4.91. The molecule has 1 aliphatic heterocycles. The lowest BCUT2D eigenvalue weighted by atomic mass is 9.93. The van der Waals surface area contributed by atoms with Crippen molar-refractivity contribution in [1.82, 2.24) is 9.80 Å². The van der Waals surface area contributed by atoms with Crippen molar-refractivity contribution in [1.29, 1.82) is 5.26 Å². The number of carbonyl (C=O) groups is 2. The number of benzene rings is 2. The summed E-state index contributed by atoms with van der Waals surface area (Å²) in [6.45, 7) is 1.66. The van der Waals surface area contributed by atoms with E-state index in [9.17, 15) is 19.2 Å². The maximum absolute atomic E-state index is 14.9. The lowest BCUT2D eigenvalue weighted by Crippen LogP contribution is -2.50. The molecular formula is C26H28FN3O3. The van der Waals surface area contributed by atoms with Gasteiger partial charge >= 0.3 is 0 Å². The summed E-state index contributed by atoms with van der Waals surface area (Å²) in [5.41, 5.74) is 2.05. The molecule has 2 amide bonds. The van der Waals surface area contributed by atoms with Gasteiger partial charge in [-0.25, -0.2) is 4.39 Å². The molecule has 0 bridgehead atoms. The van der Waals surface area contributed by atoms with Crippen molar-refractivity contribution in [3.8, 4) is 17.2 Å². The second-order valence-corrected chi connectivity index (χ2v) is 8.82. The van der Waals surface area contributed by atoms with Crippen molar-refractivity contribution in [2.75, 3.05) is 32.8 Å². The van der Waals surface area contributed by atoms with E-state index in [0.717, 1.165) is 24.0 Å². The Morgan fingerprint density at radius 1 is 1.00 bits per heavy atom. The number of hydrogen-bond acceptors (Lipinski definition) is 4. The van der Waals surface area contributed by atoms with Crippen molar-refractivity contribution in [2.24, 2.45) is 0 Å². The lowest BCUT2D eigenvalue weighted by Gasteiger charge is -2.35. The number of halogens is 1. The minimum atomic E-state index is -0.577. The van der Waals surface area contributed by atoms with Gasteiger partial charge in [0.1, 0.15) is 5.82 Å². The average molecular weight is 450 g/mol. The number of unbranched alkanes of at least 4 members (excludes halogenated alkanes) is 1. The molecule has 0 atom stereocenters. The van der Waals surface area contributed by atoms with E-state index in [2.05, 4.69) is 6.07 Å². The summed E-state index contributed by atoms with van der Waals surface area (Å²) in [6, 6.07) is 14.6. The third-order valence-electron chi connectivity index (χ3n) is 6.63. The Balaban J connectivity index is 1.41. The largest absolute Gasteiger partial charge is 0.396 e. The number of aliphatic hydroxyl groups is 1. The first-order chi connectivity index (χ1) is 16.0. The summed E-state index contributed by atoms with van der Waals surface area (Å²) >= 11 is 0. The van der Waals surface area contributed by atoms with Gasteiger partial charge in [-0.1, -0.05) is 24.3 Å². The van der Waals surface area contributed by atoms with Crippen LogP contribution in [0.3, 0.4) is 0 Å². The van der Waals surface area contributed by atoms with Gasteiger partial charge in [0.25, 0.3) is 5.91 Å². The number of nitriles is 1. The van der Waals surface area contributed by atoms with E-state index < -0.39 is 11.2 Å². The van der Waals surface area contributed by atoms with Crippen LogP contribution in [0.15, 0.2) is 42.5 Å². The molecule has 2 fully saturated rings. The van der Waals surface area contributed by atoms with Crippen LogP contribution in [0.4, 0.5) is 4.39 Å². The molecule has 2 aliphatic rings. The van der Waals surface area contributed by atoms with Crippen LogP contribution in [0.25, 0.3) is 11.1 Å². The van der Waals surface area contributed by atoms with Gasteiger partial charge in [-0.15, -0.1) is 0 Å². The van der Waals surface area contributed by atoms with Crippen molar-refractivity contribution in [2.45, 2.75) is 37.5 Å². The SMILES string of the molecule is N#CC1(c2cccc(-c3ccc(C(=O)N4CCN(C(=O)CCCCO)CC4)c(F)c3)c2)CC1. The molecule has 4 rings (SSSR count). The topological polar surface area (TPSA) is 84.6 Å². The van der Waals surface area contributed by atoms with E-state index in [-0.39, 0.29) is 24.0 Å². The summed E-state index contributed by atoms with van der Waals surface area (Å²) < 4.78 is 14.9. The van der Waals surface area contributed by atoms with E-state index in [0.29, 0.717) is 51.0 Å². The quantitative estimate of drug-likeness (QED) is 0.656. The summed E-state index contributed by atoms with van der Waals surface area (Å²) in [6.07, 6.45) is 3.32. The van der Waals surface area contributed by atoms with Gasteiger partial charge < -0.3 is 14.9 Å². The number of rotatable bonds is 7. The standard InChI is InChI=1S/C26H28FN3O3/c27-23-17-20(19-4-3-5-21(16-19)26(18-28)9-10-26)7-8-22(23)25(33)30-13-11-29(12-14-30)24(32)6-1-2-15-31/h3-5,7-8,16-17,31H,1-2,6,9-15H2. The van der Waals surface area contributed by atoms with Gasteiger partial charge in [-0.2, -0.15) is 5.26 Å². The number of carbonyl (C=O) groups excluding carboxylic acids is 2. The van der Waals surface area contributed by atoms with Gasteiger partial charge in [0.2, 0.25) is 5.91 Å². The molecule has 1 saturated carbocycles. The molecule has 2 aromatic rings. The molecule has 7 heteroatoms. The van der Waals surface area contributed by atoms with Gasteiger partial charge in [-0.05, 0) is 60.6 Å². The highest BCUT2D eigenvalue weighted by atomic mass is 19.1. The zero-order valence-corrected chi connectivity index (χ0v) is 18.6. The van der Waals surface area contributed by atoms with Gasteiger partial charge in [-0.3, -0.25) is 9.59 Å². The summed E-state index contributed by atoms with van der Waals surface area (Å²) in [5, 5.41) is 18.3. The minimum absolute atomic E-state index is 0.0216. The van der Waals surface area contributed by atoms with Crippen LogP contribution in [-0.4, -0.2) is 59.5 Å². The molecule has 1 aliphatic carbocycles. The Morgan fingerprint density at radius 3 is 2.33 bits per heavy atom. The highest BCUT2D eigenvalue weighted by molar-refractivity contribution is 5.95. The molecule has 0 spiro atoms. The van der Waals surface area contributed by atoms with Crippen LogP contribution < -0.4 is 0 Å². The Labute approximate surface area is 193 Å². The molecular weight excluding hydrogens is 421 g/mol. The molecule has 33 heavy (non-hydrogen) atoms. The minimum Gasteiger partial charge on any atom is -0.396 e. The van der Waals surface area contributed by atoms with E-state index in [1.165, 1.54) is 12.1 Å². The second kappa shape index (κ2) is 9.72. The highest BCUT2D eigenvalue weighted by Gasteiger charge is 2.44. The fraction of sp³-hybridized carbons (Fsp3) is 0.423. The summed E-state index contributed by atoms with van der Waals surface area (Å²) in [7, 11) is 0. The first-order valence-corrected chi connectivity index (χ1v) is 11.5. The van der Waals surface area contributed by atoms with Crippen LogP contribution in [0.1, 0.15) is 48.0 Å². The third-order valence-corrected chi connectivity index (χ3v) is 6.63. The van der Waals surface area contributed by atoms with Gasteiger partial charge in [0.15, 0.2) is 0 Å². The fourth-order valence-corrected chi connectivity index (χ4v) is 4.33. The maximum atomic E-state index is 14.9. The van der Waals surface area contributed by atoms with Crippen LogP contribution in [0, 0.1) is 17.1 Å². The predicted molar refractivity (Wildman–Crippen MR) is 122 cm³/mol. The highest BCUT2D eigenvalue weighted by Crippen LogP contribution is 2.48. The van der Waals surface area contributed by atoms with Gasteiger partial charge in [0, 0.05) is 39.2 Å². The van der Waals surface area contributed by atoms with Crippen LogP contribution in [0.5, 0.6) is 0 Å². The zero-order chi connectivity index (χ0) is 23.4. The summed E-state index contributed by atoms with van der Waals surface area (Å²) in [5.74, 6) is -0.925. The van der Waals surface area contributed by atoms with Crippen molar-refractivity contribution in [3.63, 3.8) is 0 Å². The Bertz CT molecular complexity index is 1080.